The van der Waals surface area contributed by atoms with Crippen molar-refractivity contribution in [1.82, 2.24) is 19.4 Å². The van der Waals surface area contributed by atoms with Crippen LogP contribution in [0.5, 0.6) is 0 Å². The zero-order valence-corrected chi connectivity index (χ0v) is 11.1. The van der Waals surface area contributed by atoms with E-state index in [9.17, 15) is 13.2 Å². The number of rotatable bonds is 9. The number of H-pyrrole nitrogens is 1. The lowest BCUT2D eigenvalue weighted by atomic mass is 10.2. The second kappa shape index (κ2) is 7.19. The Morgan fingerprint density at radius 1 is 1.63 bits per heavy atom. The Balaban J connectivity index is 2.60. The molecule has 0 radical (unpaired) electrons. The number of carboxylic acids is 1. The number of methoxy groups -OCH3 is 1. The molecule has 0 aliphatic carbocycles. The van der Waals surface area contributed by atoms with Crippen LogP contribution >= 0.6 is 0 Å². The van der Waals surface area contributed by atoms with Gasteiger partial charge in [-0.15, -0.1) is 0 Å². The molecule has 10 heteroatoms. The lowest BCUT2D eigenvalue weighted by molar-refractivity contribution is -0.138. The van der Waals surface area contributed by atoms with E-state index < -0.39 is 22.2 Å². The first kappa shape index (κ1) is 15.6. The maximum Gasteiger partial charge on any atom is 0.322 e. The molecule has 9 nitrogen and oxygen atoms in total. The lowest BCUT2D eigenvalue weighted by Gasteiger charge is -2.14. The standard InChI is InChI=1S/C9H16N4O5S/c1-18-3-2-12-19(16,17)13-8(9(14)15)4-7-5-10-6-11-7/h5-6,8,12-13H,2-4H2,1H3,(H,10,11)(H,14,15)/t8-/m0/s1. The molecule has 0 aliphatic heterocycles. The zero-order valence-electron chi connectivity index (χ0n) is 10.3. The third-order valence-corrected chi connectivity index (χ3v) is 3.35. The van der Waals surface area contributed by atoms with Crippen LogP contribution in [0.3, 0.4) is 0 Å². The van der Waals surface area contributed by atoms with E-state index in [0.29, 0.717) is 5.69 Å². The number of imidazole rings is 1. The minimum absolute atomic E-state index is 0.0273. The second-order valence-corrected chi connectivity index (χ2v) is 5.21. The summed E-state index contributed by atoms with van der Waals surface area (Å²) < 4.78 is 32.1. The summed E-state index contributed by atoms with van der Waals surface area (Å²) in [7, 11) is -2.47. The Labute approximate surface area is 110 Å². The van der Waals surface area contributed by atoms with Crippen LogP contribution in [0.2, 0.25) is 0 Å². The van der Waals surface area contributed by atoms with Crippen molar-refractivity contribution < 1.29 is 23.1 Å². The Hall–Kier alpha value is -1.49. The fourth-order valence-electron chi connectivity index (χ4n) is 1.30. The van der Waals surface area contributed by atoms with Crippen LogP contribution in [0.1, 0.15) is 5.69 Å². The molecule has 19 heavy (non-hydrogen) atoms. The molecule has 0 spiro atoms. The third-order valence-electron chi connectivity index (χ3n) is 2.17. The van der Waals surface area contributed by atoms with Gasteiger partial charge in [-0.3, -0.25) is 4.79 Å². The Bertz CT molecular complexity index is 487. The molecule has 0 saturated carbocycles. The van der Waals surface area contributed by atoms with Crippen LogP contribution in [0, 0.1) is 0 Å². The van der Waals surface area contributed by atoms with Gasteiger partial charge in [-0.1, -0.05) is 0 Å². The highest BCUT2D eigenvalue weighted by Crippen LogP contribution is 2.00. The van der Waals surface area contributed by atoms with Crippen molar-refractivity contribution in [3.8, 4) is 0 Å². The van der Waals surface area contributed by atoms with E-state index >= 15 is 0 Å². The van der Waals surface area contributed by atoms with E-state index in [2.05, 4.69) is 14.7 Å². The van der Waals surface area contributed by atoms with Crippen molar-refractivity contribution in [3.63, 3.8) is 0 Å². The van der Waals surface area contributed by atoms with Gasteiger partial charge in [-0.25, -0.2) is 4.98 Å². The molecule has 0 saturated heterocycles. The van der Waals surface area contributed by atoms with Crippen LogP contribution < -0.4 is 9.44 Å². The number of carbonyl (C=O) groups is 1. The molecule has 0 fully saturated rings. The first-order valence-electron chi connectivity index (χ1n) is 5.40. The van der Waals surface area contributed by atoms with E-state index in [-0.39, 0.29) is 19.6 Å². The van der Waals surface area contributed by atoms with Gasteiger partial charge in [0.1, 0.15) is 6.04 Å². The topological polar surface area (TPSA) is 133 Å². The summed E-state index contributed by atoms with van der Waals surface area (Å²) >= 11 is 0. The SMILES string of the molecule is COCCNS(=O)(=O)N[C@@H](Cc1cnc[nH]1)C(=O)O. The van der Waals surface area contributed by atoms with Gasteiger partial charge in [-0.05, 0) is 0 Å². The van der Waals surface area contributed by atoms with Crippen LogP contribution in [-0.4, -0.2) is 55.8 Å². The van der Waals surface area contributed by atoms with Crippen molar-refractivity contribution in [3.05, 3.63) is 18.2 Å². The van der Waals surface area contributed by atoms with Gasteiger partial charge in [0, 0.05) is 32.0 Å². The molecule has 1 atom stereocenters. The lowest BCUT2D eigenvalue weighted by Crippen LogP contribution is -2.48. The highest BCUT2D eigenvalue weighted by atomic mass is 32.2. The van der Waals surface area contributed by atoms with Gasteiger partial charge in [0.25, 0.3) is 10.2 Å². The van der Waals surface area contributed by atoms with Crippen LogP contribution in [-0.2, 0) is 26.2 Å². The van der Waals surface area contributed by atoms with Gasteiger partial charge in [-0.2, -0.15) is 17.9 Å². The number of aliphatic carboxylic acids is 1. The summed E-state index contributed by atoms with van der Waals surface area (Å²) in [5.41, 5.74) is 0.520. The summed E-state index contributed by atoms with van der Waals surface area (Å²) in [5.74, 6) is -1.27. The van der Waals surface area contributed by atoms with Crippen LogP contribution in [0.4, 0.5) is 0 Å². The van der Waals surface area contributed by atoms with Crippen LogP contribution in [0.25, 0.3) is 0 Å². The average Bonchev–Trinajstić information content (AvgIpc) is 2.80. The maximum absolute atomic E-state index is 11.6. The second-order valence-electron chi connectivity index (χ2n) is 3.68. The largest absolute Gasteiger partial charge is 0.480 e. The molecule has 0 amide bonds. The highest BCUT2D eigenvalue weighted by molar-refractivity contribution is 7.87. The predicted octanol–water partition coefficient (Wildman–Crippen LogP) is -1.52. The van der Waals surface area contributed by atoms with Crippen molar-refractivity contribution >= 4 is 16.2 Å². The van der Waals surface area contributed by atoms with Crippen LogP contribution in [0.15, 0.2) is 12.5 Å². The van der Waals surface area contributed by atoms with Gasteiger partial charge in [0.2, 0.25) is 0 Å². The normalized spacial score (nSPS) is 13.3. The number of hydrogen-bond acceptors (Lipinski definition) is 5. The molecule has 0 unspecified atom stereocenters. The van der Waals surface area contributed by atoms with E-state index in [0.717, 1.165) is 0 Å². The molecule has 1 rings (SSSR count). The summed E-state index contributed by atoms with van der Waals surface area (Å²) in [5, 5.41) is 8.99. The summed E-state index contributed by atoms with van der Waals surface area (Å²) in [6.07, 6.45) is 2.79. The van der Waals surface area contributed by atoms with E-state index in [1.807, 2.05) is 4.72 Å². The van der Waals surface area contributed by atoms with Crippen molar-refractivity contribution in [2.24, 2.45) is 0 Å². The van der Waals surface area contributed by atoms with E-state index in [4.69, 9.17) is 9.84 Å². The predicted molar refractivity (Wildman–Crippen MR) is 65.6 cm³/mol. The number of nitrogens with zero attached hydrogens (tertiary/aromatic N) is 1. The van der Waals surface area contributed by atoms with Crippen molar-refractivity contribution in [2.45, 2.75) is 12.5 Å². The molecule has 0 aliphatic rings. The number of aromatic nitrogens is 2. The third kappa shape index (κ3) is 5.79. The number of carboxylic acid groups (broad SMARTS) is 1. The van der Waals surface area contributed by atoms with Gasteiger partial charge in [0.15, 0.2) is 0 Å². The molecule has 1 heterocycles. The molecular formula is C9H16N4O5S. The van der Waals surface area contributed by atoms with Gasteiger partial charge in [0.05, 0.1) is 12.9 Å². The fraction of sp³-hybridized carbons (Fsp3) is 0.556. The zero-order chi connectivity index (χ0) is 14.3. The molecular weight excluding hydrogens is 276 g/mol. The smallest absolute Gasteiger partial charge is 0.322 e. The Morgan fingerprint density at radius 3 is 2.89 bits per heavy atom. The molecule has 108 valence electrons. The number of ether oxygens (including phenoxy) is 1. The average molecular weight is 292 g/mol. The summed E-state index contributed by atoms with van der Waals surface area (Å²) in [6, 6.07) is -1.28. The van der Waals surface area contributed by atoms with Gasteiger partial charge >= 0.3 is 5.97 Å². The number of hydrogen-bond donors (Lipinski definition) is 4. The first-order chi connectivity index (χ1) is 8.94. The Kier molecular flexibility index (Phi) is 5.89. The first-order valence-corrected chi connectivity index (χ1v) is 6.89. The highest BCUT2D eigenvalue weighted by Gasteiger charge is 2.24. The summed E-state index contributed by atoms with van der Waals surface area (Å²) in [4.78, 5) is 17.5. The van der Waals surface area contributed by atoms with Gasteiger partial charge < -0.3 is 14.8 Å². The van der Waals surface area contributed by atoms with E-state index in [1.165, 1.54) is 19.6 Å². The molecule has 1 aromatic rings. The molecule has 0 aromatic carbocycles. The minimum atomic E-state index is -3.90. The monoisotopic (exact) mass is 292 g/mol. The molecule has 0 bridgehead atoms. The minimum Gasteiger partial charge on any atom is -0.480 e. The van der Waals surface area contributed by atoms with Crippen molar-refractivity contribution in [1.29, 1.82) is 0 Å². The number of nitrogens with one attached hydrogen (secondary N) is 3. The van der Waals surface area contributed by atoms with E-state index in [1.54, 1.807) is 0 Å². The maximum atomic E-state index is 11.6. The fourth-order valence-corrected chi connectivity index (χ4v) is 2.30. The summed E-state index contributed by atoms with van der Waals surface area (Å²) in [6.45, 7) is 0.251. The van der Waals surface area contributed by atoms with Crippen molar-refractivity contribution in [2.75, 3.05) is 20.3 Å². The number of aromatic amines is 1. The quantitative estimate of drug-likeness (QED) is 0.408. The Morgan fingerprint density at radius 2 is 2.37 bits per heavy atom. The molecule has 1 aromatic heterocycles. The molecule has 4 N–H and O–H groups in total.